The van der Waals surface area contributed by atoms with E-state index in [4.69, 9.17) is 0 Å². The summed E-state index contributed by atoms with van der Waals surface area (Å²) in [5.74, 6) is 0.995. The van der Waals surface area contributed by atoms with E-state index in [1.165, 1.54) is 25.7 Å². The van der Waals surface area contributed by atoms with Crippen LogP contribution in [0, 0.1) is 5.92 Å². The second-order valence-corrected chi connectivity index (χ2v) is 2.96. The average Bonchev–Trinajstić information content (AvgIpc) is 2.46. The van der Waals surface area contributed by atoms with E-state index in [1.54, 1.807) is 5.57 Å². The van der Waals surface area contributed by atoms with Crippen LogP contribution in [-0.4, -0.2) is 0 Å². The summed E-state index contributed by atoms with van der Waals surface area (Å²) in [6.07, 6.45) is 12.3. The van der Waals surface area contributed by atoms with E-state index in [-0.39, 0.29) is 0 Å². The minimum Gasteiger partial charge on any atom is -0.0882 e. The van der Waals surface area contributed by atoms with Crippen molar-refractivity contribution in [2.45, 2.75) is 25.7 Å². The summed E-state index contributed by atoms with van der Waals surface area (Å²) in [6.45, 7) is 0. The summed E-state index contributed by atoms with van der Waals surface area (Å²) in [5.41, 5.74) is 1.72. The summed E-state index contributed by atoms with van der Waals surface area (Å²) in [6, 6.07) is 0. The van der Waals surface area contributed by atoms with Crippen LogP contribution in [0.5, 0.6) is 0 Å². The molecule has 1 atom stereocenters. The Morgan fingerprint density at radius 1 is 1.33 bits per heavy atom. The Morgan fingerprint density at radius 2 is 2.33 bits per heavy atom. The number of rotatable bonds is 0. The zero-order valence-electron chi connectivity index (χ0n) is 5.64. The predicted octanol–water partition coefficient (Wildman–Crippen LogP) is 2.67. The molecule has 0 amide bonds. The highest BCUT2D eigenvalue weighted by atomic mass is 14.3. The molecule has 2 rings (SSSR count). The van der Waals surface area contributed by atoms with E-state index >= 15 is 0 Å². The molecule has 0 heterocycles. The number of hydrogen-bond acceptors (Lipinski definition) is 0. The monoisotopic (exact) mass is 120 g/mol. The first-order valence-electron chi connectivity index (χ1n) is 3.81. The lowest BCUT2D eigenvalue weighted by Gasteiger charge is -1.92. The first-order valence-corrected chi connectivity index (χ1v) is 3.81. The molecule has 0 bridgehead atoms. The molecule has 0 N–H and O–H groups in total. The van der Waals surface area contributed by atoms with Gasteiger partial charge in [-0.05, 0) is 31.6 Å². The van der Waals surface area contributed by atoms with Gasteiger partial charge in [0.05, 0.1) is 0 Å². The molecule has 2 aliphatic rings. The molecule has 9 heavy (non-hydrogen) atoms. The van der Waals surface area contributed by atoms with E-state index in [0.29, 0.717) is 0 Å². The molecule has 48 valence electrons. The maximum Gasteiger partial charge on any atom is -0.0163 e. The lowest BCUT2D eigenvalue weighted by molar-refractivity contribution is 0.759. The highest BCUT2D eigenvalue weighted by Gasteiger charge is 2.27. The Kier molecular flexibility index (Phi) is 1.18. The minimum absolute atomic E-state index is 0.995. The van der Waals surface area contributed by atoms with Crippen LogP contribution < -0.4 is 0 Å². The second kappa shape index (κ2) is 2.02. The fourth-order valence-corrected chi connectivity index (χ4v) is 1.49. The van der Waals surface area contributed by atoms with Gasteiger partial charge in [-0.2, -0.15) is 0 Å². The average molecular weight is 120 g/mol. The molecule has 0 aromatic heterocycles. The van der Waals surface area contributed by atoms with Crippen molar-refractivity contribution in [2.24, 2.45) is 5.92 Å². The van der Waals surface area contributed by atoms with Crippen molar-refractivity contribution in [1.29, 1.82) is 0 Å². The van der Waals surface area contributed by atoms with Crippen molar-refractivity contribution in [3.05, 3.63) is 23.8 Å². The van der Waals surface area contributed by atoms with Crippen molar-refractivity contribution in [2.75, 3.05) is 0 Å². The Balaban J connectivity index is 2.05. The van der Waals surface area contributed by atoms with Gasteiger partial charge in [0.25, 0.3) is 0 Å². The van der Waals surface area contributed by atoms with Crippen molar-refractivity contribution in [3.63, 3.8) is 0 Å². The smallest absolute Gasteiger partial charge is 0.0163 e. The number of fused-ring (bicyclic) bond motifs is 1. The van der Waals surface area contributed by atoms with E-state index in [1.807, 2.05) is 0 Å². The van der Waals surface area contributed by atoms with Gasteiger partial charge in [0.15, 0.2) is 0 Å². The summed E-state index contributed by atoms with van der Waals surface area (Å²) >= 11 is 0. The lowest BCUT2D eigenvalue weighted by atomic mass is 10.1. The summed E-state index contributed by atoms with van der Waals surface area (Å²) in [4.78, 5) is 0. The van der Waals surface area contributed by atoms with Gasteiger partial charge in [-0.15, -0.1) is 0 Å². The van der Waals surface area contributed by atoms with Gasteiger partial charge in [-0.25, -0.2) is 0 Å². The highest BCUT2D eigenvalue weighted by Crippen LogP contribution is 2.42. The van der Waals surface area contributed by atoms with Crippen molar-refractivity contribution in [3.8, 4) is 0 Å². The van der Waals surface area contributed by atoms with E-state index in [9.17, 15) is 0 Å². The molecule has 0 spiro atoms. The third kappa shape index (κ3) is 1.07. The highest BCUT2D eigenvalue weighted by molar-refractivity contribution is 5.25. The molecule has 1 unspecified atom stereocenters. The van der Waals surface area contributed by atoms with Crippen molar-refractivity contribution in [1.82, 2.24) is 0 Å². The maximum absolute atomic E-state index is 2.39. The van der Waals surface area contributed by atoms with Gasteiger partial charge >= 0.3 is 0 Å². The van der Waals surface area contributed by atoms with Gasteiger partial charge in [-0.1, -0.05) is 23.8 Å². The van der Waals surface area contributed by atoms with Crippen molar-refractivity contribution < 1.29 is 0 Å². The van der Waals surface area contributed by atoms with E-state index < -0.39 is 0 Å². The van der Waals surface area contributed by atoms with Crippen LogP contribution >= 0.6 is 0 Å². The summed E-state index contributed by atoms with van der Waals surface area (Å²) in [5, 5.41) is 0. The van der Waals surface area contributed by atoms with E-state index in [0.717, 1.165) is 5.92 Å². The van der Waals surface area contributed by atoms with Gasteiger partial charge < -0.3 is 0 Å². The van der Waals surface area contributed by atoms with E-state index in [2.05, 4.69) is 18.2 Å². The van der Waals surface area contributed by atoms with Gasteiger partial charge in [-0.3, -0.25) is 0 Å². The molecule has 0 aromatic rings. The standard InChI is InChI=1S/C9H12/c1-2-4-6-9-7-8(9)5-3-1/h1-2,5,9H,3-4,6-7H2/b2-1-,8-5-. The normalized spacial score (nSPS) is 41.3. The third-order valence-corrected chi connectivity index (χ3v) is 2.21. The van der Waals surface area contributed by atoms with Crippen LogP contribution in [0.4, 0.5) is 0 Å². The third-order valence-electron chi connectivity index (χ3n) is 2.21. The molecule has 0 aromatic carbocycles. The largest absolute Gasteiger partial charge is 0.0882 e. The molecule has 1 fully saturated rings. The van der Waals surface area contributed by atoms with Crippen LogP contribution in [0.3, 0.4) is 0 Å². The Bertz CT molecular complexity index is 163. The number of hydrogen-bond donors (Lipinski definition) is 0. The first-order chi connectivity index (χ1) is 4.47. The van der Waals surface area contributed by atoms with Crippen LogP contribution in [0.15, 0.2) is 23.8 Å². The fraction of sp³-hybridized carbons (Fsp3) is 0.556. The Labute approximate surface area is 56.3 Å². The van der Waals surface area contributed by atoms with Crippen LogP contribution in [0.2, 0.25) is 0 Å². The molecule has 1 saturated carbocycles. The zero-order valence-corrected chi connectivity index (χ0v) is 5.64. The molecule has 0 aliphatic heterocycles. The zero-order chi connectivity index (χ0) is 6.10. The molecule has 0 heteroatoms. The van der Waals surface area contributed by atoms with Crippen LogP contribution in [0.25, 0.3) is 0 Å². The SMILES string of the molecule is C1=C\CCC2C/C2=C/C/1. The molecule has 0 saturated heterocycles. The summed E-state index contributed by atoms with van der Waals surface area (Å²) < 4.78 is 0. The van der Waals surface area contributed by atoms with Gasteiger partial charge in [0.1, 0.15) is 0 Å². The van der Waals surface area contributed by atoms with Gasteiger partial charge in [0, 0.05) is 0 Å². The minimum atomic E-state index is 0.995. The maximum atomic E-state index is 2.39. The molecular weight excluding hydrogens is 108 g/mol. The molecule has 2 aliphatic carbocycles. The Hall–Kier alpha value is -0.520. The molecule has 0 radical (unpaired) electrons. The van der Waals surface area contributed by atoms with Crippen LogP contribution in [-0.2, 0) is 0 Å². The Morgan fingerprint density at radius 3 is 3.33 bits per heavy atom. The summed E-state index contributed by atoms with van der Waals surface area (Å²) in [7, 11) is 0. The van der Waals surface area contributed by atoms with Crippen LogP contribution in [0.1, 0.15) is 25.7 Å². The number of allylic oxidation sites excluding steroid dienone is 4. The fourth-order valence-electron chi connectivity index (χ4n) is 1.49. The topological polar surface area (TPSA) is 0 Å². The quantitative estimate of drug-likeness (QED) is 0.431. The lowest BCUT2D eigenvalue weighted by Crippen LogP contribution is -1.76. The van der Waals surface area contributed by atoms with Gasteiger partial charge in [0.2, 0.25) is 0 Å². The predicted molar refractivity (Wildman–Crippen MR) is 39.2 cm³/mol. The first kappa shape index (κ1) is 5.28. The second-order valence-electron chi connectivity index (χ2n) is 2.96. The van der Waals surface area contributed by atoms with Crippen molar-refractivity contribution >= 4 is 0 Å². The molecular formula is C9H12. The molecule has 0 nitrogen and oxygen atoms in total.